The lowest BCUT2D eigenvalue weighted by Gasteiger charge is -2.33. The van der Waals surface area contributed by atoms with Gasteiger partial charge in [0.25, 0.3) is 0 Å². The Kier molecular flexibility index (Phi) is 4.62. The van der Waals surface area contributed by atoms with Crippen molar-refractivity contribution >= 4 is 0 Å². The minimum atomic E-state index is 0.743. The molecule has 0 aromatic rings. The van der Waals surface area contributed by atoms with E-state index in [2.05, 4.69) is 24.2 Å². The normalized spacial score (nSPS) is 35.8. The summed E-state index contributed by atoms with van der Waals surface area (Å²) >= 11 is 0. The summed E-state index contributed by atoms with van der Waals surface area (Å²) in [6.45, 7) is 7.84. The van der Waals surface area contributed by atoms with Crippen molar-refractivity contribution in [2.45, 2.75) is 32.2 Å². The number of rotatable bonds is 4. The number of hydrogen-bond acceptors (Lipinski definition) is 3. The highest BCUT2D eigenvalue weighted by Gasteiger charge is 2.30. The topological polar surface area (TPSA) is 24.5 Å². The molecule has 2 fully saturated rings. The predicted octanol–water partition coefficient (Wildman–Crippen LogP) is 1.34. The maximum Gasteiger partial charge on any atom is 0.0506 e. The van der Waals surface area contributed by atoms with Crippen molar-refractivity contribution in [3.05, 3.63) is 0 Å². The summed E-state index contributed by atoms with van der Waals surface area (Å²) in [7, 11) is 2.29. The lowest BCUT2D eigenvalue weighted by atomic mass is 9.96. The molecule has 2 aliphatic rings. The Hall–Kier alpha value is -0.120. The summed E-state index contributed by atoms with van der Waals surface area (Å²) in [6.07, 6.45) is 3.89. The lowest BCUT2D eigenvalue weighted by molar-refractivity contribution is 0.0342. The van der Waals surface area contributed by atoms with Crippen LogP contribution in [0.3, 0.4) is 0 Å². The van der Waals surface area contributed by atoms with E-state index < -0.39 is 0 Å². The highest BCUT2D eigenvalue weighted by molar-refractivity contribution is 4.87. The zero-order chi connectivity index (χ0) is 11.4. The average molecular weight is 226 g/mol. The van der Waals surface area contributed by atoms with Gasteiger partial charge in [-0.15, -0.1) is 0 Å². The summed E-state index contributed by atoms with van der Waals surface area (Å²) in [4.78, 5) is 2.56. The molecule has 0 aliphatic carbocycles. The summed E-state index contributed by atoms with van der Waals surface area (Å²) in [5.41, 5.74) is 0. The van der Waals surface area contributed by atoms with E-state index in [4.69, 9.17) is 4.74 Å². The molecule has 94 valence electrons. The smallest absolute Gasteiger partial charge is 0.0506 e. The van der Waals surface area contributed by atoms with Crippen molar-refractivity contribution < 1.29 is 4.74 Å². The third-order valence-corrected chi connectivity index (χ3v) is 4.20. The fourth-order valence-electron chi connectivity index (χ4n) is 3.15. The Morgan fingerprint density at radius 3 is 2.94 bits per heavy atom. The second kappa shape index (κ2) is 5.99. The van der Waals surface area contributed by atoms with Crippen molar-refractivity contribution in [1.29, 1.82) is 0 Å². The summed E-state index contributed by atoms with van der Waals surface area (Å²) < 4.78 is 5.56. The minimum Gasteiger partial charge on any atom is -0.381 e. The molecule has 16 heavy (non-hydrogen) atoms. The Morgan fingerprint density at radius 2 is 2.25 bits per heavy atom. The molecule has 0 spiro atoms. The van der Waals surface area contributed by atoms with Crippen LogP contribution in [0.15, 0.2) is 0 Å². The predicted molar refractivity (Wildman–Crippen MR) is 66.6 cm³/mol. The first-order valence-electron chi connectivity index (χ1n) is 6.80. The quantitative estimate of drug-likeness (QED) is 0.783. The van der Waals surface area contributed by atoms with Crippen LogP contribution in [0.4, 0.5) is 0 Å². The van der Waals surface area contributed by atoms with Gasteiger partial charge >= 0.3 is 0 Å². The fourth-order valence-corrected chi connectivity index (χ4v) is 3.15. The first-order valence-corrected chi connectivity index (χ1v) is 6.80. The first-order chi connectivity index (χ1) is 7.81. The molecular formula is C13H26N2O. The summed E-state index contributed by atoms with van der Waals surface area (Å²) in [5, 5.41) is 3.52. The molecule has 2 rings (SSSR count). The van der Waals surface area contributed by atoms with Crippen molar-refractivity contribution in [3.63, 3.8) is 0 Å². The number of hydrogen-bond donors (Lipinski definition) is 1. The maximum atomic E-state index is 5.56. The molecule has 0 aromatic heterocycles. The summed E-state index contributed by atoms with van der Waals surface area (Å²) in [6, 6.07) is 0.743. The molecule has 0 bridgehead atoms. The molecule has 1 N–H and O–H groups in total. The van der Waals surface area contributed by atoms with Gasteiger partial charge in [0.05, 0.1) is 6.61 Å². The van der Waals surface area contributed by atoms with Crippen LogP contribution in [-0.2, 0) is 4.74 Å². The maximum absolute atomic E-state index is 5.56. The number of nitrogens with one attached hydrogen (secondary N) is 1. The van der Waals surface area contributed by atoms with Crippen LogP contribution in [0, 0.1) is 11.8 Å². The standard InChI is InChI=1S/C13H26N2O/c1-3-12-7-14-8-13(12)15(2)9-11-5-4-6-16-10-11/h11-14H,3-10H2,1-2H3. The number of likely N-dealkylation sites (N-methyl/N-ethyl adjacent to an activating group) is 1. The van der Waals surface area contributed by atoms with Crippen LogP contribution in [0.2, 0.25) is 0 Å². The monoisotopic (exact) mass is 226 g/mol. The van der Waals surface area contributed by atoms with E-state index in [1.807, 2.05) is 0 Å². The van der Waals surface area contributed by atoms with Gasteiger partial charge in [-0.2, -0.15) is 0 Å². The Labute approximate surface area is 99.5 Å². The van der Waals surface area contributed by atoms with E-state index >= 15 is 0 Å². The highest BCUT2D eigenvalue weighted by Crippen LogP contribution is 2.21. The summed E-state index contributed by atoms with van der Waals surface area (Å²) in [5.74, 6) is 1.60. The minimum absolute atomic E-state index is 0.743. The molecule has 2 saturated heterocycles. The van der Waals surface area contributed by atoms with Crippen LogP contribution in [0.25, 0.3) is 0 Å². The van der Waals surface area contributed by atoms with Gasteiger partial charge in [-0.3, -0.25) is 0 Å². The highest BCUT2D eigenvalue weighted by atomic mass is 16.5. The number of nitrogens with zero attached hydrogens (tertiary/aromatic N) is 1. The molecule has 3 heteroatoms. The van der Waals surface area contributed by atoms with Gasteiger partial charge in [0.15, 0.2) is 0 Å². The van der Waals surface area contributed by atoms with Crippen LogP contribution < -0.4 is 5.32 Å². The molecule has 3 nitrogen and oxygen atoms in total. The van der Waals surface area contributed by atoms with Gasteiger partial charge in [-0.1, -0.05) is 13.3 Å². The SMILES string of the molecule is CCC1CNCC1N(C)CC1CCCOC1. The van der Waals surface area contributed by atoms with E-state index in [9.17, 15) is 0 Å². The van der Waals surface area contributed by atoms with E-state index in [1.165, 1.54) is 38.9 Å². The van der Waals surface area contributed by atoms with Gasteiger partial charge < -0.3 is 15.0 Å². The van der Waals surface area contributed by atoms with Gasteiger partial charge in [0.1, 0.15) is 0 Å². The zero-order valence-corrected chi connectivity index (χ0v) is 10.7. The van der Waals surface area contributed by atoms with Crippen LogP contribution >= 0.6 is 0 Å². The Morgan fingerprint density at radius 1 is 1.38 bits per heavy atom. The van der Waals surface area contributed by atoms with Gasteiger partial charge in [0.2, 0.25) is 0 Å². The van der Waals surface area contributed by atoms with Crippen molar-refractivity contribution in [2.24, 2.45) is 11.8 Å². The Bertz CT molecular complexity index is 204. The first kappa shape index (κ1) is 12.3. The second-order valence-electron chi connectivity index (χ2n) is 5.42. The molecular weight excluding hydrogens is 200 g/mol. The third kappa shape index (κ3) is 2.96. The van der Waals surface area contributed by atoms with Crippen molar-refractivity contribution in [2.75, 3.05) is 39.9 Å². The molecule has 0 aromatic carbocycles. The van der Waals surface area contributed by atoms with Crippen molar-refractivity contribution in [1.82, 2.24) is 10.2 Å². The van der Waals surface area contributed by atoms with Crippen molar-refractivity contribution in [3.8, 4) is 0 Å². The van der Waals surface area contributed by atoms with Crippen LogP contribution in [0.5, 0.6) is 0 Å². The molecule has 3 atom stereocenters. The molecule has 0 amide bonds. The van der Waals surface area contributed by atoms with E-state index in [0.717, 1.165) is 31.1 Å². The molecule has 2 heterocycles. The second-order valence-corrected chi connectivity index (χ2v) is 5.42. The zero-order valence-electron chi connectivity index (χ0n) is 10.7. The largest absolute Gasteiger partial charge is 0.381 e. The Balaban J connectivity index is 1.79. The van der Waals surface area contributed by atoms with Gasteiger partial charge in [0, 0.05) is 25.7 Å². The number of ether oxygens (including phenoxy) is 1. The molecule has 2 aliphatic heterocycles. The van der Waals surface area contributed by atoms with E-state index in [1.54, 1.807) is 0 Å². The van der Waals surface area contributed by atoms with E-state index in [0.29, 0.717) is 0 Å². The lowest BCUT2D eigenvalue weighted by Crippen LogP contribution is -2.42. The van der Waals surface area contributed by atoms with Crippen LogP contribution in [0.1, 0.15) is 26.2 Å². The van der Waals surface area contributed by atoms with Gasteiger partial charge in [-0.25, -0.2) is 0 Å². The van der Waals surface area contributed by atoms with Crippen LogP contribution in [-0.4, -0.2) is 50.8 Å². The fraction of sp³-hybridized carbons (Fsp3) is 1.00. The average Bonchev–Trinajstić information content (AvgIpc) is 2.78. The third-order valence-electron chi connectivity index (χ3n) is 4.20. The van der Waals surface area contributed by atoms with Gasteiger partial charge in [-0.05, 0) is 38.3 Å². The molecule has 0 radical (unpaired) electrons. The molecule has 3 unspecified atom stereocenters. The van der Waals surface area contributed by atoms with E-state index in [-0.39, 0.29) is 0 Å². The molecule has 0 saturated carbocycles.